The van der Waals surface area contributed by atoms with Gasteiger partial charge in [0.2, 0.25) is 12.2 Å². The number of hydrogen-bond donors (Lipinski definition) is 2. The van der Waals surface area contributed by atoms with E-state index in [1.165, 1.54) is 0 Å². The molecule has 0 spiro atoms. The molecule has 0 saturated heterocycles. The number of amidine groups is 2. The highest BCUT2D eigenvalue weighted by atomic mass is 19.4. The molecule has 5 rings (SSSR count). The van der Waals surface area contributed by atoms with Gasteiger partial charge in [-0.05, 0) is 46.8 Å². The fraction of sp³-hybridized carbons (Fsp3) is 0.280. The van der Waals surface area contributed by atoms with E-state index >= 15 is 0 Å². The number of hydrogen-bond acceptors (Lipinski definition) is 7. The van der Waals surface area contributed by atoms with Crippen molar-refractivity contribution in [2.75, 3.05) is 25.9 Å². The van der Waals surface area contributed by atoms with Crippen LogP contribution in [0.15, 0.2) is 46.4 Å². The van der Waals surface area contributed by atoms with Crippen LogP contribution in [-0.2, 0) is 13.0 Å². The Morgan fingerprint density at radius 2 is 2.03 bits per heavy atom. The number of benzene rings is 2. The first-order valence-corrected chi connectivity index (χ1v) is 11.6. The summed E-state index contributed by atoms with van der Waals surface area (Å²) in [5.41, 5.74) is 15.7. The van der Waals surface area contributed by atoms with E-state index in [2.05, 4.69) is 29.5 Å². The molecule has 1 aromatic heterocycles. The molecule has 2 aromatic carbocycles. The highest BCUT2D eigenvalue weighted by Crippen LogP contribution is 2.30. The second-order valence-corrected chi connectivity index (χ2v) is 8.70. The van der Waals surface area contributed by atoms with Crippen LogP contribution in [0.5, 0.6) is 5.75 Å². The van der Waals surface area contributed by atoms with E-state index in [1.807, 2.05) is 24.3 Å². The van der Waals surface area contributed by atoms with Crippen LogP contribution in [0.4, 0.5) is 24.9 Å². The second-order valence-electron chi connectivity index (χ2n) is 8.70. The summed E-state index contributed by atoms with van der Waals surface area (Å²) in [5, 5.41) is 0.681. The molecule has 4 N–H and O–H groups in total. The fourth-order valence-electron chi connectivity index (χ4n) is 4.38. The Morgan fingerprint density at radius 3 is 2.78 bits per heavy atom. The van der Waals surface area contributed by atoms with Crippen molar-refractivity contribution in [1.29, 1.82) is 0 Å². The number of anilines is 1. The Kier molecular flexibility index (Phi) is 6.36. The lowest BCUT2D eigenvalue weighted by atomic mass is 9.96. The maximum absolute atomic E-state index is 12.9. The molecule has 0 aliphatic carbocycles. The van der Waals surface area contributed by atoms with Crippen LogP contribution in [0.2, 0.25) is 0 Å². The highest BCUT2D eigenvalue weighted by Gasteiger charge is 2.47. The van der Waals surface area contributed by atoms with Crippen LogP contribution in [-0.4, -0.2) is 64.8 Å². The number of fused-ring (bicyclic) bond motifs is 2. The summed E-state index contributed by atoms with van der Waals surface area (Å²) in [5.74, 6) is 0.280. The topological polar surface area (TPSA) is 129 Å². The maximum Gasteiger partial charge on any atom is 0.516 e. The molecule has 3 heterocycles. The normalized spacial score (nSPS) is 16.1. The minimum absolute atomic E-state index is 0.0730. The molecule has 2 aliphatic rings. The zero-order valence-corrected chi connectivity index (χ0v) is 20.0. The first kappa shape index (κ1) is 24.4. The first-order valence-electron chi connectivity index (χ1n) is 11.6. The molecule has 37 heavy (non-hydrogen) atoms. The third kappa shape index (κ3) is 5.16. The summed E-state index contributed by atoms with van der Waals surface area (Å²) in [4.78, 5) is 18.6. The largest absolute Gasteiger partial charge is 0.516 e. The van der Waals surface area contributed by atoms with Crippen LogP contribution >= 0.6 is 0 Å². The summed E-state index contributed by atoms with van der Waals surface area (Å²) >= 11 is 0. The minimum Gasteiger partial charge on any atom is -0.494 e. The van der Waals surface area contributed by atoms with E-state index in [4.69, 9.17) is 16.2 Å². The molecule has 0 saturated carbocycles. The van der Waals surface area contributed by atoms with Gasteiger partial charge in [-0.1, -0.05) is 12.1 Å². The summed E-state index contributed by atoms with van der Waals surface area (Å²) < 4.78 is 47.7. The number of alkyl halides is 3. The summed E-state index contributed by atoms with van der Waals surface area (Å²) in [6.45, 7) is 2.11. The zero-order valence-electron chi connectivity index (χ0n) is 20.0. The van der Waals surface area contributed by atoms with Gasteiger partial charge < -0.3 is 16.2 Å². The fourth-order valence-corrected chi connectivity index (χ4v) is 4.38. The molecule has 9 nitrogen and oxygen atoms in total. The number of methoxy groups -OCH3 is 1. The van der Waals surface area contributed by atoms with E-state index in [0.29, 0.717) is 53.4 Å². The summed E-state index contributed by atoms with van der Waals surface area (Å²) in [6, 6.07) is 11.0. The molecule has 0 atom stereocenters. The SMILES string of the molecule is COc1cccc2c(N=C(N)CCN3CCc4ccc(C5=[N+]=C(C(F)(F)F)N=C5)cc4C3)nc(N)nc12. The van der Waals surface area contributed by atoms with Gasteiger partial charge in [-0.15, -0.1) is 0 Å². The van der Waals surface area contributed by atoms with Gasteiger partial charge in [0.25, 0.3) is 5.71 Å². The molecule has 0 radical (unpaired) electrons. The molecule has 0 bridgehead atoms. The summed E-state index contributed by atoms with van der Waals surface area (Å²) in [7, 11) is 1.55. The Hall–Kier alpha value is -4.28. The molecule has 2 aliphatic heterocycles. The van der Waals surface area contributed by atoms with Crippen LogP contribution in [0, 0.1) is 0 Å². The molecule has 12 heteroatoms. The number of nitrogen functional groups attached to an aromatic ring is 1. The van der Waals surface area contributed by atoms with E-state index < -0.39 is 12.0 Å². The van der Waals surface area contributed by atoms with Gasteiger partial charge in [0.15, 0.2) is 5.82 Å². The number of halogens is 3. The molecule has 0 amide bonds. The molecule has 190 valence electrons. The van der Waals surface area contributed by atoms with Gasteiger partial charge in [-0.25, -0.2) is 9.98 Å². The van der Waals surface area contributed by atoms with Crippen LogP contribution in [0.1, 0.15) is 23.1 Å². The lowest BCUT2D eigenvalue weighted by Crippen LogP contribution is -2.33. The Balaban J connectivity index is 1.30. The maximum atomic E-state index is 12.9. The van der Waals surface area contributed by atoms with Crippen molar-refractivity contribution in [3.8, 4) is 5.75 Å². The van der Waals surface area contributed by atoms with E-state index in [1.54, 1.807) is 19.2 Å². The Bertz CT molecular complexity index is 1510. The predicted molar refractivity (Wildman–Crippen MR) is 138 cm³/mol. The first-order chi connectivity index (χ1) is 17.7. The third-order valence-electron chi connectivity index (χ3n) is 6.22. The number of aliphatic imine (C=N–C) groups is 2. The van der Waals surface area contributed by atoms with Gasteiger partial charge in [0.1, 0.15) is 17.1 Å². The van der Waals surface area contributed by atoms with Crippen LogP contribution in [0.3, 0.4) is 0 Å². The van der Waals surface area contributed by atoms with Gasteiger partial charge in [-0.3, -0.25) is 4.90 Å². The number of para-hydroxylation sites is 1. The van der Waals surface area contributed by atoms with Crippen molar-refractivity contribution in [2.45, 2.75) is 25.6 Å². The average molecular weight is 510 g/mol. The van der Waals surface area contributed by atoms with Crippen molar-refractivity contribution < 1.29 is 17.9 Å². The monoisotopic (exact) mass is 509 g/mol. The van der Waals surface area contributed by atoms with Crippen molar-refractivity contribution in [3.05, 3.63) is 53.1 Å². The summed E-state index contributed by atoms with van der Waals surface area (Å²) in [6.07, 6.45) is -2.10. The van der Waals surface area contributed by atoms with Gasteiger partial charge in [0, 0.05) is 37.0 Å². The molecule has 3 aromatic rings. The van der Waals surface area contributed by atoms with Gasteiger partial charge >= 0.3 is 12.0 Å². The average Bonchev–Trinajstić information content (AvgIpc) is 3.38. The van der Waals surface area contributed by atoms with Crippen molar-refractivity contribution in [1.82, 2.24) is 19.5 Å². The van der Waals surface area contributed by atoms with E-state index in [0.717, 1.165) is 30.3 Å². The van der Waals surface area contributed by atoms with E-state index in [-0.39, 0.29) is 11.7 Å². The van der Waals surface area contributed by atoms with Gasteiger partial charge in [-0.2, -0.15) is 22.8 Å². The number of aromatic nitrogens is 2. The zero-order chi connectivity index (χ0) is 26.2. The minimum atomic E-state index is -4.57. The standard InChI is InChI=1S/C25H24F3N8O/c1-37-19-4-2-3-17-21(19)34-24(30)35-22(17)33-20(29)8-10-36-9-7-14-5-6-15(11-16(14)13-36)18-12-31-23(32-18)25(26,27)28/h2-6,11-12H,7-10,13H2,1H3,(H4,29,30,33,34,35)/q+1. The lowest BCUT2D eigenvalue weighted by molar-refractivity contribution is -0.0597. The van der Waals surface area contributed by atoms with Crippen molar-refractivity contribution in [2.24, 2.45) is 15.7 Å². The van der Waals surface area contributed by atoms with Crippen LogP contribution in [0.25, 0.3) is 10.9 Å². The highest BCUT2D eigenvalue weighted by molar-refractivity contribution is 6.42. The van der Waals surface area contributed by atoms with Crippen molar-refractivity contribution >= 4 is 46.3 Å². The Morgan fingerprint density at radius 1 is 1.19 bits per heavy atom. The number of rotatable bonds is 6. The number of nitrogens with zero attached hydrogens (tertiary/aromatic N) is 6. The third-order valence-corrected chi connectivity index (χ3v) is 6.22. The predicted octanol–water partition coefficient (Wildman–Crippen LogP) is 2.56. The van der Waals surface area contributed by atoms with Crippen molar-refractivity contribution in [3.63, 3.8) is 0 Å². The van der Waals surface area contributed by atoms with E-state index in [9.17, 15) is 13.2 Å². The second kappa shape index (κ2) is 9.64. The molecular formula is C25H24F3N8O+. The smallest absolute Gasteiger partial charge is 0.494 e. The number of nitrogens with two attached hydrogens (primary N) is 2. The molecule has 0 unspecified atom stereocenters. The van der Waals surface area contributed by atoms with Crippen LogP contribution < -0.4 is 20.9 Å². The quantitative estimate of drug-likeness (QED) is 0.299. The van der Waals surface area contributed by atoms with Gasteiger partial charge in [0.05, 0.1) is 7.11 Å². The molecular weight excluding hydrogens is 485 g/mol. The molecule has 0 fully saturated rings. The number of ether oxygens (including phenoxy) is 1. The lowest BCUT2D eigenvalue weighted by Gasteiger charge is -2.28. The Labute approximate surface area is 210 Å².